The predicted molar refractivity (Wildman–Crippen MR) is 171 cm³/mol. The van der Waals surface area contributed by atoms with Gasteiger partial charge in [0.2, 0.25) is 11.8 Å². The molecule has 2 fully saturated rings. The van der Waals surface area contributed by atoms with Gasteiger partial charge in [0.1, 0.15) is 18.1 Å². The Labute approximate surface area is 259 Å². The number of nitrogens with zero attached hydrogens (tertiary/aromatic N) is 1. The highest BCUT2D eigenvalue weighted by molar-refractivity contribution is 6.43. The largest absolute Gasteiger partial charge is 0.507 e. The molecule has 0 bridgehead atoms. The zero-order valence-corrected chi connectivity index (χ0v) is 25.4. The third-order valence-electron chi connectivity index (χ3n) is 9.36. The average molecular weight is 592 g/mol. The van der Waals surface area contributed by atoms with Crippen molar-refractivity contribution in [1.29, 1.82) is 0 Å². The Hall–Kier alpha value is -4.14. The van der Waals surface area contributed by atoms with Gasteiger partial charge in [-0.05, 0) is 109 Å². The summed E-state index contributed by atoms with van der Waals surface area (Å²) in [5, 5.41) is 21.3. The Bertz CT molecular complexity index is 1600. The Kier molecular flexibility index (Phi) is 8.47. The number of fused-ring (bicyclic) bond motifs is 3. The minimum atomic E-state index is -1.04. The number of phenolic OH excluding ortho intramolecular Hbond substituents is 1. The van der Waals surface area contributed by atoms with Crippen molar-refractivity contribution in [3.8, 4) is 11.5 Å². The highest BCUT2D eigenvalue weighted by atomic mass is 16.5. The molecule has 8 heteroatoms. The fourth-order valence-electron chi connectivity index (χ4n) is 7.25. The maximum atomic E-state index is 13.3. The van der Waals surface area contributed by atoms with Gasteiger partial charge in [0, 0.05) is 7.05 Å². The van der Waals surface area contributed by atoms with Crippen molar-refractivity contribution in [3.63, 3.8) is 0 Å². The first-order valence-electron chi connectivity index (χ1n) is 15.3. The highest BCUT2D eigenvalue weighted by Crippen LogP contribution is 2.50. The SMILES string of the molecule is Cc1cc(/C=C(/CC[C@H]2OB(O)C[C@H]3C2=C(COc2ccccc2)C[C@H]2C(=O)N(C)C(=O)[C@H]23)c2ccccc2)cc(C)c1O. The number of hydrogen-bond acceptors (Lipinski definition) is 6. The molecule has 0 saturated carbocycles. The molecule has 0 aromatic heterocycles. The molecule has 2 heterocycles. The normalized spacial score (nSPS) is 23.6. The van der Waals surface area contributed by atoms with Crippen molar-refractivity contribution in [2.45, 2.75) is 45.5 Å². The number of benzene rings is 3. The maximum Gasteiger partial charge on any atom is 0.455 e. The number of rotatable bonds is 8. The number of ether oxygens (including phenoxy) is 1. The van der Waals surface area contributed by atoms with E-state index in [2.05, 4.69) is 18.2 Å². The quantitative estimate of drug-likeness (QED) is 0.148. The number of amides is 2. The van der Waals surface area contributed by atoms with Crippen LogP contribution in [-0.2, 0) is 14.2 Å². The summed E-state index contributed by atoms with van der Waals surface area (Å²) in [5.74, 6) is -0.572. The summed E-state index contributed by atoms with van der Waals surface area (Å²) >= 11 is 0. The summed E-state index contributed by atoms with van der Waals surface area (Å²) in [6, 6.07) is 23.7. The van der Waals surface area contributed by atoms with Crippen LogP contribution in [0.2, 0.25) is 6.32 Å². The molecule has 2 aliphatic heterocycles. The number of carbonyl (C=O) groups is 2. The van der Waals surface area contributed by atoms with Gasteiger partial charge in [-0.25, -0.2) is 0 Å². The van der Waals surface area contributed by atoms with Crippen LogP contribution in [0.5, 0.6) is 11.5 Å². The number of likely N-dealkylation sites (tertiary alicyclic amines) is 1. The molecule has 226 valence electrons. The third kappa shape index (κ3) is 5.84. The Morgan fingerprint density at radius 1 is 1.00 bits per heavy atom. The highest BCUT2D eigenvalue weighted by Gasteiger charge is 2.56. The zero-order valence-electron chi connectivity index (χ0n) is 25.4. The second-order valence-electron chi connectivity index (χ2n) is 12.2. The number of carbonyl (C=O) groups excluding carboxylic acids is 2. The molecule has 0 radical (unpaired) electrons. The lowest BCUT2D eigenvalue weighted by atomic mass is 9.58. The summed E-state index contributed by atoms with van der Waals surface area (Å²) in [6.45, 7) is 4.08. The van der Waals surface area contributed by atoms with Gasteiger partial charge in [0.25, 0.3) is 0 Å². The molecule has 0 spiro atoms. The van der Waals surface area contributed by atoms with E-state index in [4.69, 9.17) is 9.39 Å². The van der Waals surface area contributed by atoms with Gasteiger partial charge in [-0.3, -0.25) is 14.5 Å². The van der Waals surface area contributed by atoms with Gasteiger partial charge < -0.3 is 19.5 Å². The Balaban J connectivity index is 1.35. The van der Waals surface area contributed by atoms with Gasteiger partial charge in [0.05, 0.1) is 17.9 Å². The molecule has 6 rings (SSSR count). The van der Waals surface area contributed by atoms with Crippen molar-refractivity contribution in [2.75, 3.05) is 13.7 Å². The Morgan fingerprint density at radius 3 is 2.34 bits per heavy atom. The molecular weight excluding hydrogens is 553 g/mol. The molecule has 3 aromatic rings. The lowest BCUT2D eigenvalue weighted by Crippen LogP contribution is -2.46. The summed E-state index contributed by atoms with van der Waals surface area (Å²) in [6.07, 6.45) is 3.62. The van der Waals surface area contributed by atoms with E-state index in [0.29, 0.717) is 25.0 Å². The van der Waals surface area contributed by atoms with Gasteiger partial charge in [-0.2, -0.15) is 0 Å². The van der Waals surface area contributed by atoms with E-state index >= 15 is 0 Å². The van der Waals surface area contributed by atoms with Crippen molar-refractivity contribution in [3.05, 3.63) is 106 Å². The summed E-state index contributed by atoms with van der Waals surface area (Å²) in [7, 11) is 0.517. The monoisotopic (exact) mass is 591 g/mol. The van der Waals surface area contributed by atoms with E-state index in [1.165, 1.54) is 4.90 Å². The van der Waals surface area contributed by atoms with E-state index in [0.717, 1.165) is 44.7 Å². The molecule has 4 atom stereocenters. The number of allylic oxidation sites excluding steroid dienone is 1. The van der Waals surface area contributed by atoms with Crippen molar-refractivity contribution in [2.24, 2.45) is 17.8 Å². The number of aromatic hydroxyl groups is 1. The van der Waals surface area contributed by atoms with Crippen LogP contribution in [0.3, 0.4) is 0 Å². The number of phenols is 1. The molecule has 1 aliphatic carbocycles. The maximum absolute atomic E-state index is 13.3. The number of hydrogen-bond donors (Lipinski definition) is 2. The third-order valence-corrected chi connectivity index (χ3v) is 9.36. The second kappa shape index (κ2) is 12.5. The van der Waals surface area contributed by atoms with Crippen LogP contribution in [0.1, 0.15) is 41.5 Å². The molecule has 2 saturated heterocycles. The smallest absolute Gasteiger partial charge is 0.455 e. The van der Waals surface area contributed by atoms with Crippen molar-refractivity contribution < 1.29 is 29.1 Å². The van der Waals surface area contributed by atoms with E-state index in [-0.39, 0.29) is 30.7 Å². The number of imide groups is 1. The summed E-state index contributed by atoms with van der Waals surface area (Å²) < 4.78 is 12.4. The van der Waals surface area contributed by atoms with E-state index < -0.39 is 25.1 Å². The van der Waals surface area contributed by atoms with Crippen LogP contribution < -0.4 is 4.74 Å². The number of aryl methyl sites for hydroxylation is 2. The molecule has 3 aromatic carbocycles. The van der Waals surface area contributed by atoms with E-state index in [9.17, 15) is 19.7 Å². The topological polar surface area (TPSA) is 96.3 Å². The lowest BCUT2D eigenvalue weighted by Gasteiger charge is -2.43. The van der Waals surface area contributed by atoms with Crippen molar-refractivity contribution in [1.82, 2.24) is 4.90 Å². The molecular formula is C36H38BNO6. The van der Waals surface area contributed by atoms with Crippen LogP contribution in [0.4, 0.5) is 0 Å². The Morgan fingerprint density at radius 2 is 1.66 bits per heavy atom. The summed E-state index contributed by atoms with van der Waals surface area (Å²) in [5.41, 5.74) is 6.77. The molecule has 2 N–H and O–H groups in total. The summed E-state index contributed by atoms with van der Waals surface area (Å²) in [4.78, 5) is 27.7. The van der Waals surface area contributed by atoms with Crippen LogP contribution in [0, 0.1) is 31.6 Å². The van der Waals surface area contributed by atoms with Gasteiger partial charge in [-0.15, -0.1) is 0 Å². The lowest BCUT2D eigenvalue weighted by molar-refractivity contribution is -0.138. The van der Waals surface area contributed by atoms with Crippen molar-refractivity contribution >= 4 is 30.6 Å². The van der Waals surface area contributed by atoms with Crippen LogP contribution in [0.15, 0.2) is 83.9 Å². The zero-order chi connectivity index (χ0) is 31.0. The predicted octanol–water partition coefficient (Wildman–Crippen LogP) is 5.84. The number of para-hydroxylation sites is 1. The minimum Gasteiger partial charge on any atom is -0.507 e. The standard InChI is InChI=1S/C36H38BNO6/c1-22-16-24(17-23(2)34(22)39)18-26(25-10-6-4-7-11-25)14-15-31-32-27(21-43-28-12-8-5-9-13-28)19-29-33(30(32)20-37(42)44-31)36(41)38(3)35(29)40/h4-13,16-18,29-31,33,39,42H,14-15,19-21H2,1-3H3/b26-18-/t29-,30+,31-,33-/m1/s1. The van der Waals surface area contributed by atoms with Gasteiger partial charge in [-0.1, -0.05) is 54.6 Å². The first-order chi connectivity index (χ1) is 21.2. The van der Waals surface area contributed by atoms with Gasteiger partial charge in [0.15, 0.2) is 0 Å². The fourth-order valence-corrected chi connectivity index (χ4v) is 7.25. The second-order valence-corrected chi connectivity index (χ2v) is 12.2. The van der Waals surface area contributed by atoms with Crippen LogP contribution in [-0.4, -0.2) is 53.7 Å². The first kappa shape index (κ1) is 29.9. The molecule has 44 heavy (non-hydrogen) atoms. The first-order valence-corrected chi connectivity index (χ1v) is 15.3. The molecule has 2 amide bonds. The molecule has 3 aliphatic rings. The molecule has 7 nitrogen and oxygen atoms in total. The van der Waals surface area contributed by atoms with E-state index in [1.54, 1.807) is 7.05 Å². The fraction of sp³-hybridized carbons (Fsp3) is 0.333. The van der Waals surface area contributed by atoms with Crippen LogP contribution >= 0.6 is 0 Å². The minimum absolute atomic E-state index is 0.164. The van der Waals surface area contributed by atoms with Crippen LogP contribution in [0.25, 0.3) is 11.6 Å². The van der Waals surface area contributed by atoms with E-state index in [1.807, 2.05) is 74.5 Å². The molecule has 0 unspecified atom stereocenters. The average Bonchev–Trinajstić information content (AvgIpc) is 3.24. The van der Waals surface area contributed by atoms with Gasteiger partial charge >= 0.3 is 7.12 Å².